The summed E-state index contributed by atoms with van der Waals surface area (Å²) in [6, 6.07) is 10.5. The van der Waals surface area contributed by atoms with Gasteiger partial charge >= 0.3 is 0 Å². The topological polar surface area (TPSA) is 62.7 Å². The molecule has 2 aromatic carbocycles. The van der Waals surface area contributed by atoms with Crippen LogP contribution in [0.2, 0.25) is 0 Å². The van der Waals surface area contributed by atoms with Crippen LogP contribution < -0.4 is 5.32 Å². The second kappa shape index (κ2) is 8.43. The van der Waals surface area contributed by atoms with Crippen molar-refractivity contribution in [3.8, 4) is 11.4 Å². The molecule has 0 aliphatic rings. The number of aryl methyl sites for hydroxylation is 1. The number of nitrogens with zero attached hydrogens (tertiary/aromatic N) is 2. The standard InChI is InChI=1S/C20H20F2N4OS/c1-12-4-3-5-14(10-12)19-24-25-20(28)26(19)9-8-18(27)23-13(2)16-7-6-15(21)11-17(16)22/h3-7,10-11,13H,8-9H2,1-2H3,(H,23,27)(H,25,28)/t13-/m1/s1. The molecule has 0 aliphatic heterocycles. The first-order chi connectivity index (χ1) is 13.3. The highest BCUT2D eigenvalue weighted by Crippen LogP contribution is 2.20. The number of rotatable bonds is 6. The highest BCUT2D eigenvalue weighted by atomic mass is 32.1. The number of nitrogens with one attached hydrogen (secondary N) is 2. The van der Waals surface area contributed by atoms with Crippen molar-refractivity contribution in [2.45, 2.75) is 32.9 Å². The van der Waals surface area contributed by atoms with Gasteiger partial charge in [0.1, 0.15) is 11.6 Å². The Morgan fingerprint density at radius 2 is 2.07 bits per heavy atom. The monoisotopic (exact) mass is 402 g/mol. The van der Waals surface area contributed by atoms with Crippen molar-refractivity contribution in [1.82, 2.24) is 20.1 Å². The van der Waals surface area contributed by atoms with Crippen molar-refractivity contribution in [2.24, 2.45) is 0 Å². The number of H-pyrrole nitrogens is 1. The lowest BCUT2D eigenvalue weighted by Gasteiger charge is -2.15. The average molecular weight is 402 g/mol. The lowest BCUT2D eigenvalue weighted by Crippen LogP contribution is -2.28. The molecular formula is C20H20F2N4OS. The molecule has 3 rings (SSSR count). The Kier molecular flexibility index (Phi) is 5.99. The molecule has 0 fully saturated rings. The van der Waals surface area contributed by atoms with Crippen molar-refractivity contribution in [1.29, 1.82) is 0 Å². The summed E-state index contributed by atoms with van der Waals surface area (Å²) < 4.78 is 29.1. The molecule has 0 bridgehead atoms. The Balaban J connectivity index is 1.68. The van der Waals surface area contributed by atoms with E-state index in [1.54, 1.807) is 11.5 Å². The number of benzene rings is 2. The van der Waals surface area contributed by atoms with Gasteiger partial charge in [-0.05, 0) is 38.2 Å². The molecule has 1 amide bonds. The van der Waals surface area contributed by atoms with E-state index in [-0.39, 0.29) is 17.9 Å². The summed E-state index contributed by atoms with van der Waals surface area (Å²) in [6.07, 6.45) is 0.139. The first-order valence-electron chi connectivity index (χ1n) is 8.81. The summed E-state index contributed by atoms with van der Waals surface area (Å²) in [5.41, 5.74) is 2.22. The van der Waals surface area contributed by atoms with E-state index in [0.717, 1.165) is 17.2 Å². The van der Waals surface area contributed by atoms with Crippen LogP contribution in [0.15, 0.2) is 42.5 Å². The van der Waals surface area contributed by atoms with Crippen LogP contribution >= 0.6 is 12.2 Å². The maximum absolute atomic E-state index is 13.9. The summed E-state index contributed by atoms with van der Waals surface area (Å²) in [5, 5.41) is 9.75. The first-order valence-corrected chi connectivity index (χ1v) is 9.22. The maximum Gasteiger partial charge on any atom is 0.222 e. The van der Waals surface area contributed by atoms with E-state index in [9.17, 15) is 13.6 Å². The molecule has 0 aliphatic carbocycles. The van der Waals surface area contributed by atoms with Crippen molar-refractivity contribution >= 4 is 18.1 Å². The summed E-state index contributed by atoms with van der Waals surface area (Å²) in [4.78, 5) is 12.3. The fourth-order valence-electron chi connectivity index (χ4n) is 2.99. The van der Waals surface area contributed by atoms with Gasteiger partial charge in [-0.2, -0.15) is 5.10 Å². The van der Waals surface area contributed by atoms with E-state index in [2.05, 4.69) is 15.5 Å². The fourth-order valence-corrected chi connectivity index (χ4v) is 3.21. The quantitative estimate of drug-likeness (QED) is 0.599. The molecule has 3 aromatic rings. The third kappa shape index (κ3) is 4.51. The first kappa shape index (κ1) is 19.9. The molecule has 0 spiro atoms. The van der Waals surface area contributed by atoms with Crippen LogP contribution in [0.4, 0.5) is 8.78 Å². The number of halogens is 2. The maximum atomic E-state index is 13.9. The number of carbonyl (C=O) groups is 1. The molecule has 2 N–H and O–H groups in total. The van der Waals surface area contributed by atoms with Gasteiger partial charge in [-0.15, -0.1) is 0 Å². The Labute approximate surface area is 166 Å². The molecule has 8 heteroatoms. The van der Waals surface area contributed by atoms with Crippen LogP contribution in [-0.4, -0.2) is 20.7 Å². The minimum absolute atomic E-state index is 0.139. The molecule has 1 aromatic heterocycles. The van der Waals surface area contributed by atoms with Gasteiger partial charge in [0.15, 0.2) is 10.6 Å². The van der Waals surface area contributed by atoms with Gasteiger partial charge in [0, 0.05) is 30.2 Å². The van der Waals surface area contributed by atoms with Crippen LogP contribution in [0.5, 0.6) is 0 Å². The van der Waals surface area contributed by atoms with E-state index >= 15 is 0 Å². The normalized spacial score (nSPS) is 12.0. The highest BCUT2D eigenvalue weighted by Gasteiger charge is 2.15. The summed E-state index contributed by atoms with van der Waals surface area (Å²) in [7, 11) is 0. The Morgan fingerprint density at radius 3 is 2.79 bits per heavy atom. The molecule has 0 radical (unpaired) electrons. The van der Waals surface area contributed by atoms with Crippen LogP contribution in [-0.2, 0) is 11.3 Å². The van der Waals surface area contributed by atoms with E-state index in [4.69, 9.17) is 12.2 Å². The minimum Gasteiger partial charge on any atom is -0.349 e. The zero-order valence-electron chi connectivity index (χ0n) is 15.5. The third-order valence-electron chi connectivity index (χ3n) is 4.40. The lowest BCUT2D eigenvalue weighted by molar-refractivity contribution is -0.121. The molecule has 146 valence electrons. The predicted molar refractivity (Wildman–Crippen MR) is 105 cm³/mol. The van der Waals surface area contributed by atoms with Crippen molar-refractivity contribution in [2.75, 3.05) is 0 Å². The highest BCUT2D eigenvalue weighted by molar-refractivity contribution is 7.71. The molecule has 1 atom stereocenters. The molecule has 0 saturated heterocycles. The summed E-state index contributed by atoms with van der Waals surface area (Å²) in [5.74, 6) is -0.960. The molecule has 0 unspecified atom stereocenters. The second-order valence-electron chi connectivity index (χ2n) is 6.58. The van der Waals surface area contributed by atoms with Gasteiger partial charge < -0.3 is 5.32 Å². The SMILES string of the molecule is Cc1cccc(-c2n[nH]c(=S)n2CCC(=O)N[C@H](C)c2ccc(F)cc2F)c1. The molecule has 1 heterocycles. The molecular weight excluding hydrogens is 382 g/mol. The average Bonchev–Trinajstić information content (AvgIpc) is 3.00. The number of aromatic nitrogens is 3. The number of aromatic amines is 1. The summed E-state index contributed by atoms with van der Waals surface area (Å²) in [6.45, 7) is 3.96. The largest absolute Gasteiger partial charge is 0.349 e. The Morgan fingerprint density at radius 1 is 1.29 bits per heavy atom. The Bertz CT molecular complexity index is 1060. The minimum atomic E-state index is -0.688. The van der Waals surface area contributed by atoms with Crippen molar-refractivity contribution in [3.63, 3.8) is 0 Å². The van der Waals surface area contributed by atoms with Gasteiger partial charge in [-0.1, -0.05) is 29.8 Å². The zero-order chi connectivity index (χ0) is 20.3. The number of hydrogen-bond acceptors (Lipinski definition) is 3. The van der Waals surface area contributed by atoms with Gasteiger partial charge in [0.05, 0.1) is 6.04 Å². The van der Waals surface area contributed by atoms with Crippen LogP contribution in [0.3, 0.4) is 0 Å². The number of amides is 1. The third-order valence-corrected chi connectivity index (χ3v) is 4.72. The molecule has 0 saturated carbocycles. The zero-order valence-corrected chi connectivity index (χ0v) is 16.3. The number of hydrogen-bond donors (Lipinski definition) is 2. The van der Waals surface area contributed by atoms with E-state index in [0.29, 0.717) is 17.1 Å². The van der Waals surface area contributed by atoms with Crippen LogP contribution in [0.25, 0.3) is 11.4 Å². The van der Waals surface area contributed by atoms with E-state index in [1.165, 1.54) is 12.1 Å². The second-order valence-corrected chi connectivity index (χ2v) is 6.97. The number of carbonyl (C=O) groups excluding carboxylic acids is 1. The fraction of sp³-hybridized carbons (Fsp3) is 0.250. The van der Waals surface area contributed by atoms with Gasteiger partial charge in [-0.25, -0.2) is 8.78 Å². The van der Waals surface area contributed by atoms with E-state index in [1.807, 2.05) is 31.2 Å². The lowest BCUT2D eigenvalue weighted by atomic mass is 10.1. The van der Waals surface area contributed by atoms with Crippen LogP contribution in [0, 0.1) is 23.3 Å². The van der Waals surface area contributed by atoms with Crippen molar-refractivity contribution in [3.05, 3.63) is 70.0 Å². The van der Waals surface area contributed by atoms with Crippen LogP contribution in [0.1, 0.15) is 30.5 Å². The predicted octanol–water partition coefficient (Wildman–Crippen LogP) is 4.46. The molecule has 28 heavy (non-hydrogen) atoms. The summed E-state index contributed by atoms with van der Waals surface area (Å²) >= 11 is 5.28. The van der Waals surface area contributed by atoms with Gasteiger partial charge in [0.2, 0.25) is 5.91 Å². The molecule has 5 nitrogen and oxygen atoms in total. The van der Waals surface area contributed by atoms with Crippen molar-refractivity contribution < 1.29 is 13.6 Å². The smallest absolute Gasteiger partial charge is 0.222 e. The van der Waals surface area contributed by atoms with Gasteiger partial charge in [0.25, 0.3) is 0 Å². The van der Waals surface area contributed by atoms with E-state index < -0.39 is 17.7 Å². The van der Waals surface area contributed by atoms with Gasteiger partial charge in [-0.3, -0.25) is 14.5 Å². The Hall–Kier alpha value is -2.87.